The highest BCUT2D eigenvalue weighted by molar-refractivity contribution is 7.16. The highest BCUT2D eigenvalue weighted by Crippen LogP contribution is 2.39. The summed E-state index contributed by atoms with van der Waals surface area (Å²) in [5.41, 5.74) is 0. The van der Waals surface area contributed by atoms with E-state index in [1.807, 2.05) is 4.52 Å². The maximum atomic E-state index is 4.98. The molecule has 3 rings (SSSR count). The second-order valence-corrected chi connectivity index (χ2v) is 5.23. The second kappa shape index (κ2) is 4.67. The average Bonchev–Trinajstić information content (AvgIpc) is 2.97. The van der Waals surface area contributed by atoms with Crippen molar-refractivity contribution >= 4 is 16.3 Å². The van der Waals surface area contributed by atoms with Gasteiger partial charge in [0.25, 0.3) is 0 Å². The molecule has 0 amide bonds. The number of nitrogens with zero attached hydrogens (tertiary/aromatic N) is 4. The second-order valence-electron chi connectivity index (χ2n) is 4.19. The molecule has 1 N–H and O–H groups in total. The van der Waals surface area contributed by atoms with Crippen LogP contribution in [0.1, 0.15) is 29.6 Å². The molecule has 17 heavy (non-hydrogen) atoms. The Hall–Kier alpha value is -1.05. The summed E-state index contributed by atoms with van der Waals surface area (Å²) >= 11 is 1.60. The topological polar surface area (TPSA) is 64.3 Å². The fraction of sp³-hybridized carbons (Fsp3) is 0.700. The van der Waals surface area contributed by atoms with Crippen molar-refractivity contribution in [2.75, 3.05) is 20.3 Å². The van der Waals surface area contributed by atoms with Crippen molar-refractivity contribution in [3.8, 4) is 0 Å². The van der Waals surface area contributed by atoms with Gasteiger partial charge in [-0.05, 0) is 12.8 Å². The summed E-state index contributed by atoms with van der Waals surface area (Å²) in [4.78, 5) is 0.899. The molecule has 2 aromatic heterocycles. The van der Waals surface area contributed by atoms with E-state index in [0.29, 0.717) is 5.92 Å². The molecule has 1 aliphatic carbocycles. The van der Waals surface area contributed by atoms with Crippen LogP contribution in [-0.2, 0) is 11.3 Å². The number of rotatable bonds is 6. The molecule has 2 heterocycles. The van der Waals surface area contributed by atoms with Crippen molar-refractivity contribution in [1.82, 2.24) is 25.1 Å². The van der Waals surface area contributed by atoms with Gasteiger partial charge in [-0.25, -0.2) is 0 Å². The molecule has 0 spiro atoms. The SMILES string of the molecule is COCCNCc1nn2c(C3CC3)nnc2s1. The van der Waals surface area contributed by atoms with Crippen LogP contribution in [0.2, 0.25) is 0 Å². The van der Waals surface area contributed by atoms with E-state index in [0.717, 1.165) is 35.5 Å². The van der Waals surface area contributed by atoms with Gasteiger partial charge in [0.05, 0.1) is 6.61 Å². The van der Waals surface area contributed by atoms with E-state index >= 15 is 0 Å². The lowest BCUT2D eigenvalue weighted by Gasteiger charge is -1.99. The van der Waals surface area contributed by atoms with Gasteiger partial charge in [0.1, 0.15) is 5.01 Å². The molecular formula is C10H15N5OS. The van der Waals surface area contributed by atoms with Gasteiger partial charge in [-0.15, -0.1) is 10.2 Å². The van der Waals surface area contributed by atoms with E-state index in [1.165, 1.54) is 12.8 Å². The number of methoxy groups -OCH3 is 1. The first-order chi connectivity index (χ1) is 8.38. The lowest BCUT2D eigenvalue weighted by molar-refractivity contribution is 0.199. The molecule has 6 nitrogen and oxygen atoms in total. The van der Waals surface area contributed by atoms with Gasteiger partial charge < -0.3 is 10.1 Å². The largest absolute Gasteiger partial charge is 0.383 e. The van der Waals surface area contributed by atoms with Gasteiger partial charge in [-0.3, -0.25) is 0 Å². The van der Waals surface area contributed by atoms with Crippen LogP contribution in [0.5, 0.6) is 0 Å². The zero-order valence-electron chi connectivity index (χ0n) is 9.72. The molecular weight excluding hydrogens is 238 g/mol. The van der Waals surface area contributed by atoms with E-state index in [9.17, 15) is 0 Å². The Balaban J connectivity index is 1.69. The molecule has 7 heteroatoms. The standard InChI is InChI=1S/C10H15N5OS/c1-16-5-4-11-6-8-14-15-9(7-2-3-7)12-13-10(15)17-8/h7,11H,2-6H2,1H3. The van der Waals surface area contributed by atoms with Crippen LogP contribution in [0.15, 0.2) is 0 Å². The van der Waals surface area contributed by atoms with Crippen molar-refractivity contribution in [2.45, 2.75) is 25.3 Å². The minimum atomic E-state index is 0.585. The van der Waals surface area contributed by atoms with E-state index in [1.54, 1.807) is 18.4 Å². The average molecular weight is 253 g/mol. The Morgan fingerprint density at radius 2 is 2.35 bits per heavy atom. The van der Waals surface area contributed by atoms with Crippen molar-refractivity contribution in [2.24, 2.45) is 0 Å². The molecule has 0 unspecified atom stereocenters. The van der Waals surface area contributed by atoms with E-state index in [-0.39, 0.29) is 0 Å². The minimum Gasteiger partial charge on any atom is -0.383 e. The molecule has 0 aliphatic heterocycles. The molecule has 1 fully saturated rings. The third kappa shape index (κ3) is 2.31. The zero-order chi connectivity index (χ0) is 11.7. The number of hydrogen-bond acceptors (Lipinski definition) is 6. The molecule has 0 aromatic carbocycles. The Bertz CT molecular complexity index is 504. The molecule has 2 aromatic rings. The maximum absolute atomic E-state index is 4.98. The highest BCUT2D eigenvalue weighted by Gasteiger charge is 2.29. The number of fused-ring (bicyclic) bond motifs is 1. The first kappa shape index (κ1) is 11.1. The molecule has 0 saturated heterocycles. The summed E-state index contributed by atoms with van der Waals surface area (Å²) in [6.07, 6.45) is 2.44. The van der Waals surface area contributed by atoms with Gasteiger partial charge in [0.15, 0.2) is 5.82 Å². The third-order valence-electron chi connectivity index (χ3n) is 2.76. The van der Waals surface area contributed by atoms with Crippen LogP contribution in [-0.4, -0.2) is 40.1 Å². The molecule has 92 valence electrons. The quantitative estimate of drug-likeness (QED) is 0.771. The molecule has 0 bridgehead atoms. The van der Waals surface area contributed by atoms with Gasteiger partial charge >= 0.3 is 0 Å². The zero-order valence-corrected chi connectivity index (χ0v) is 10.5. The molecule has 0 atom stereocenters. The minimum absolute atomic E-state index is 0.585. The Morgan fingerprint density at radius 3 is 3.12 bits per heavy atom. The number of ether oxygens (including phenoxy) is 1. The van der Waals surface area contributed by atoms with Crippen LogP contribution in [0.3, 0.4) is 0 Å². The van der Waals surface area contributed by atoms with Crippen LogP contribution >= 0.6 is 11.3 Å². The molecule has 1 saturated carbocycles. The Morgan fingerprint density at radius 1 is 1.47 bits per heavy atom. The maximum Gasteiger partial charge on any atom is 0.234 e. The Kier molecular flexibility index (Phi) is 3.04. The fourth-order valence-corrected chi connectivity index (χ4v) is 2.52. The number of aromatic nitrogens is 4. The van der Waals surface area contributed by atoms with E-state index < -0.39 is 0 Å². The highest BCUT2D eigenvalue weighted by atomic mass is 32.1. The summed E-state index contributed by atoms with van der Waals surface area (Å²) in [7, 11) is 1.70. The van der Waals surface area contributed by atoms with Crippen LogP contribution < -0.4 is 5.32 Å². The van der Waals surface area contributed by atoms with E-state index in [4.69, 9.17) is 4.74 Å². The van der Waals surface area contributed by atoms with Gasteiger partial charge in [-0.1, -0.05) is 11.3 Å². The summed E-state index contributed by atoms with van der Waals surface area (Å²) < 4.78 is 6.87. The smallest absolute Gasteiger partial charge is 0.234 e. The summed E-state index contributed by atoms with van der Waals surface area (Å²) in [5.74, 6) is 1.61. The van der Waals surface area contributed by atoms with Crippen LogP contribution in [0.4, 0.5) is 0 Å². The van der Waals surface area contributed by atoms with Crippen molar-refractivity contribution in [3.05, 3.63) is 10.8 Å². The Labute approximate surface area is 103 Å². The lowest BCUT2D eigenvalue weighted by atomic mass is 10.4. The fourth-order valence-electron chi connectivity index (χ4n) is 1.71. The first-order valence-corrected chi connectivity index (χ1v) is 6.61. The summed E-state index contributed by atoms with van der Waals surface area (Å²) in [6, 6.07) is 0. The van der Waals surface area contributed by atoms with Crippen LogP contribution in [0, 0.1) is 0 Å². The van der Waals surface area contributed by atoms with Gasteiger partial charge in [0.2, 0.25) is 4.96 Å². The van der Waals surface area contributed by atoms with E-state index in [2.05, 4.69) is 20.6 Å². The predicted octanol–water partition coefficient (Wildman–Crippen LogP) is 0.799. The molecule has 1 aliphatic rings. The lowest BCUT2D eigenvalue weighted by Crippen LogP contribution is -2.18. The monoisotopic (exact) mass is 253 g/mol. The summed E-state index contributed by atoms with van der Waals surface area (Å²) in [6.45, 7) is 2.32. The third-order valence-corrected chi connectivity index (χ3v) is 3.66. The van der Waals surface area contributed by atoms with Crippen molar-refractivity contribution in [1.29, 1.82) is 0 Å². The van der Waals surface area contributed by atoms with Crippen molar-refractivity contribution < 1.29 is 4.74 Å². The van der Waals surface area contributed by atoms with Crippen LogP contribution in [0.25, 0.3) is 4.96 Å². The number of hydrogen-bond donors (Lipinski definition) is 1. The molecule has 0 radical (unpaired) electrons. The number of nitrogens with one attached hydrogen (secondary N) is 1. The first-order valence-electron chi connectivity index (χ1n) is 5.79. The van der Waals surface area contributed by atoms with Crippen molar-refractivity contribution in [3.63, 3.8) is 0 Å². The summed E-state index contributed by atoms with van der Waals surface area (Å²) in [5, 5.41) is 17.2. The van der Waals surface area contributed by atoms with Gasteiger partial charge in [-0.2, -0.15) is 9.61 Å². The normalized spacial score (nSPS) is 15.8. The van der Waals surface area contributed by atoms with Gasteiger partial charge in [0, 0.05) is 26.1 Å². The predicted molar refractivity (Wildman–Crippen MR) is 64.2 cm³/mol.